The molecule has 1 aliphatic rings. The van der Waals surface area contributed by atoms with E-state index < -0.39 is 8.32 Å². The number of benzene rings is 1. The van der Waals surface area contributed by atoms with Gasteiger partial charge >= 0.3 is 5.97 Å². The molecule has 0 radical (unpaired) electrons. The van der Waals surface area contributed by atoms with Gasteiger partial charge in [-0.25, -0.2) is 4.79 Å². The Morgan fingerprint density at radius 3 is 2.57 bits per heavy atom. The van der Waals surface area contributed by atoms with Crippen LogP contribution in [-0.2, 0) is 22.0 Å². The maximum atomic E-state index is 11.6. The van der Waals surface area contributed by atoms with Crippen LogP contribution in [0.1, 0.15) is 48.7 Å². The van der Waals surface area contributed by atoms with Crippen LogP contribution >= 0.6 is 0 Å². The molecule has 0 saturated carbocycles. The number of hydrogen-bond acceptors (Lipinski definition) is 3. The fourth-order valence-electron chi connectivity index (χ4n) is 2.76. The van der Waals surface area contributed by atoms with Crippen molar-refractivity contribution in [2.75, 3.05) is 13.7 Å². The summed E-state index contributed by atoms with van der Waals surface area (Å²) in [6.07, 6.45) is 3.20. The topological polar surface area (TPSA) is 35.5 Å². The second-order valence-electron chi connectivity index (χ2n) is 8.16. The summed E-state index contributed by atoms with van der Waals surface area (Å²) in [5, 5.41) is 0.259. The Kier molecular flexibility index (Phi) is 5.36. The molecule has 0 amide bonds. The van der Waals surface area contributed by atoms with Crippen LogP contribution in [0.2, 0.25) is 18.1 Å². The summed E-state index contributed by atoms with van der Waals surface area (Å²) in [6, 6.07) is 5.95. The van der Waals surface area contributed by atoms with Crippen LogP contribution in [0.5, 0.6) is 0 Å². The number of ether oxygens (including phenoxy) is 1. The second kappa shape index (κ2) is 6.77. The summed E-state index contributed by atoms with van der Waals surface area (Å²) >= 11 is 0. The van der Waals surface area contributed by atoms with E-state index in [1.165, 1.54) is 18.2 Å². The average molecular weight is 335 g/mol. The summed E-state index contributed by atoms with van der Waals surface area (Å²) in [5.74, 6) is 0.330. The van der Waals surface area contributed by atoms with Gasteiger partial charge in [0.1, 0.15) is 0 Å². The first-order valence-corrected chi connectivity index (χ1v) is 11.4. The number of hydrogen-bond donors (Lipinski definition) is 0. The van der Waals surface area contributed by atoms with E-state index in [-0.39, 0.29) is 11.0 Å². The lowest BCUT2D eigenvalue weighted by Crippen LogP contribution is -2.42. The molecule has 23 heavy (non-hydrogen) atoms. The zero-order valence-corrected chi connectivity index (χ0v) is 16.4. The van der Waals surface area contributed by atoms with Crippen LogP contribution in [0.25, 0.3) is 0 Å². The van der Waals surface area contributed by atoms with Crippen molar-refractivity contribution in [3.8, 4) is 0 Å². The molecule has 1 atom stereocenters. The minimum atomic E-state index is -1.67. The quantitative estimate of drug-likeness (QED) is 0.596. The molecule has 0 saturated heterocycles. The van der Waals surface area contributed by atoms with Gasteiger partial charge in [0.2, 0.25) is 0 Å². The third-order valence-corrected chi connectivity index (χ3v) is 9.94. The first-order valence-electron chi connectivity index (χ1n) is 8.48. The Hall–Kier alpha value is -1.13. The molecule has 1 aromatic rings. The van der Waals surface area contributed by atoms with Gasteiger partial charge < -0.3 is 9.16 Å². The van der Waals surface area contributed by atoms with Crippen LogP contribution in [0.4, 0.5) is 0 Å². The molecule has 1 unspecified atom stereocenters. The molecule has 1 aromatic carbocycles. The monoisotopic (exact) mass is 334 g/mol. The molecule has 0 bridgehead atoms. The lowest BCUT2D eigenvalue weighted by Gasteiger charge is -2.38. The van der Waals surface area contributed by atoms with Crippen molar-refractivity contribution in [1.29, 1.82) is 0 Å². The van der Waals surface area contributed by atoms with E-state index in [0.717, 1.165) is 25.9 Å². The molecule has 2 rings (SSSR count). The molecule has 0 fully saturated rings. The third kappa shape index (κ3) is 4.24. The van der Waals surface area contributed by atoms with Gasteiger partial charge in [0.25, 0.3) is 0 Å². The van der Waals surface area contributed by atoms with Gasteiger partial charge in [-0.1, -0.05) is 26.8 Å². The molecular weight excluding hydrogens is 304 g/mol. The van der Waals surface area contributed by atoms with Crippen LogP contribution in [0, 0.1) is 5.92 Å². The SMILES string of the molecule is COC(=O)c1ccc2c(c1)CCC(CO[Si](C)(C)C(C)(C)C)C2. The highest BCUT2D eigenvalue weighted by atomic mass is 28.4. The van der Waals surface area contributed by atoms with E-state index >= 15 is 0 Å². The van der Waals surface area contributed by atoms with E-state index in [4.69, 9.17) is 9.16 Å². The fourth-order valence-corrected chi connectivity index (χ4v) is 3.85. The highest BCUT2D eigenvalue weighted by molar-refractivity contribution is 6.74. The maximum Gasteiger partial charge on any atom is 0.337 e. The number of esters is 1. The van der Waals surface area contributed by atoms with Crippen molar-refractivity contribution in [3.63, 3.8) is 0 Å². The standard InChI is InChI=1S/C19H30O3Si/c1-19(2,3)23(5,6)22-13-14-7-8-16-12-17(18(20)21-4)10-9-15(16)11-14/h9-10,12,14H,7-8,11,13H2,1-6H3. The van der Waals surface area contributed by atoms with Gasteiger partial charge in [0.15, 0.2) is 8.32 Å². The molecule has 1 aliphatic carbocycles. The summed E-state index contributed by atoms with van der Waals surface area (Å²) in [5.41, 5.74) is 3.30. The Balaban J connectivity index is 2.00. The largest absolute Gasteiger partial charge is 0.465 e. The lowest BCUT2D eigenvalue weighted by atomic mass is 9.83. The van der Waals surface area contributed by atoms with Crippen LogP contribution < -0.4 is 0 Å². The minimum absolute atomic E-state index is 0.254. The predicted octanol–water partition coefficient (Wildman–Crippen LogP) is 4.60. The molecule has 0 aromatic heterocycles. The molecule has 0 heterocycles. The predicted molar refractivity (Wildman–Crippen MR) is 96.4 cm³/mol. The van der Waals surface area contributed by atoms with Crippen molar-refractivity contribution >= 4 is 14.3 Å². The van der Waals surface area contributed by atoms with Crippen LogP contribution in [0.15, 0.2) is 18.2 Å². The lowest BCUT2D eigenvalue weighted by molar-refractivity contribution is 0.0600. The normalized spacial score (nSPS) is 18.4. The number of rotatable bonds is 4. The number of carbonyl (C=O) groups is 1. The molecule has 0 N–H and O–H groups in total. The van der Waals surface area contributed by atoms with E-state index in [1.807, 2.05) is 12.1 Å². The number of carbonyl (C=O) groups excluding carboxylic acids is 1. The average Bonchev–Trinajstić information content (AvgIpc) is 2.50. The Morgan fingerprint density at radius 2 is 1.96 bits per heavy atom. The molecule has 0 aliphatic heterocycles. The first kappa shape index (κ1) is 18.2. The second-order valence-corrected chi connectivity index (χ2v) is 13.0. The molecule has 4 heteroatoms. The van der Waals surface area contributed by atoms with E-state index in [2.05, 4.69) is 39.9 Å². The van der Waals surface area contributed by atoms with Gasteiger partial charge in [0.05, 0.1) is 12.7 Å². The number of aryl methyl sites for hydroxylation is 1. The van der Waals surface area contributed by atoms with Gasteiger partial charge in [-0.3, -0.25) is 0 Å². The van der Waals surface area contributed by atoms with Gasteiger partial charge in [-0.15, -0.1) is 0 Å². The number of fused-ring (bicyclic) bond motifs is 1. The molecule has 128 valence electrons. The third-order valence-electron chi connectivity index (χ3n) is 5.44. The smallest absolute Gasteiger partial charge is 0.337 e. The van der Waals surface area contributed by atoms with Crippen molar-refractivity contribution < 1.29 is 14.0 Å². The van der Waals surface area contributed by atoms with E-state index in [1.54, 1.807) is 0 Å². The highest BCUT2D eigenvalue weighted by Gasteiger charge is 2.37. The van der Waals surface area contributed by atoms with Gasteiger partial charge in [-0.2, -0.15) is 0 Å². The summed E-state index contributed by atoms with van der Waals surface area (Å²) in [4.78, 5) is 11.6. The Bertz CT molecular complexity index is 572. The first-order chi connectivity index (χ1) is 10.6. The Labute approximate surface area is 141 Å². The molecule has 3 nitrogen and oxygen atoms in total. The minimum Gasteiger partial charge on any atom is -0.465 e. The molecular formula is C19H30O3Si. The van der Waals surface area contributed by atoms with Crippen molar-refractivity contribution in [1.82, 2.24) is 0 Å². The fraction of sp³-hybridized carbons (Fsp3) is 0.632. The Morgan fingerprint density at radius 1 is 1.26 bits per heavy atom. The van der Waals surface area contributed by atoms with Gasteiger partial charge in [-0.05, 0) is 66.6 Å². The van der Waals surface area contributed by atoms with Crippen molar-refractivity contribution in [3.05, 3.63) is 34.9 Å². The maximum absolute atomic E-state index is 11.6. The molecule has 0 spiro atoms. The summed E-state index contributed by atoms with van der Waals surface area (Å²) in [7, 11) is -0.244. The van der Waals surface area contributed by atoms with E-state index in [0.29, 0.717) is 11.5 Å². The zero-order valence-electron chi connectivity index (χ0n) is 15.4. The van der Waals surface area contributed by atoms with E-state index in [9.17, 15) is 4.79 Å². The van der Waals surface area contributed by atoms with Crippen molar-refractivity contribution in [2.45, 2.75) is 58.2 Å². The van der Waals surface area contributed by atoms with Crippen molar-refractivity contribution in [2.24, 2.45) is 5.92 Å². The van der Waals surface area contributed by atoms with Gasteiger partial charge in [0, 0.05) is 6.61 Å². The van der Waals surface area contributed by atoms with Crippen LogP contribution in [-0.4, -0.2) is 28.0 Å². The number of methoxy groups -OCH3 is 1. The zero-order chi connectivity index (χ0) is 17.3. The summed E-state index contributed by atoms with van der Waals surface area (Å²) in [6.45, 7) is 12.3. The highest BCUT2D eigenvalue weighted by Crippen LogP contribution is 2.37. The van der Waals surface area contributed by atoms with Crippen LogP contribution in [0.3, 0.4) is 0 Å². The summed E-state index contributed by atoms with van der Waals surface area (Å²) < 4.78 is 11.2.